The standard InChI is InChI=1S/C18H29NO2/c1-4-19(13-16-11-8-12-21-16)14-18(2,3)17(20)15-9-6-5-7-10-15/h5-7,9-10,16-17,20H,4,8,11-14H2,1-3H3. The molecule has 21 heavy (non-hydrogen) atoms. The zero-order chi connectivity index (χ0) is 15.3. The van der Waals surface area contributed by atoms with Crippen LogP contribution < -0.4 is 0 Å². The van der Waals surface area contributed by atoms with E-state index in [2.05, 4.69) is 25.7 Å². The smallest absolute Gasteiger partial charge is 0.0853 e. The highest BCUT2D eigenvalue weighted by Gasteiger charge is 2.32. The molecule has 0 aliphatic carbocycles. The van der Waals surface area contributed by atoms with Crippen LogP contribution in [0.25, 0.3) is 0 Å². The molecule has 1 saturated heterocycles. The topological polar surface area (TPSA) is 32.7 Å². The normalized spacial score (nSPS) is 20.9. The van der Waals surface area contributed by atoms with Crippen molar-refractivity contribution in [2.75, 3.05) is 26.2 Å². The Hall–Kier alpha value is -0.900. The molecule has 1 N–H and O–H groups in total. The number of hydrogen-bond donors (Lipinski definition) is 1. The van der Waals surface area contributed by atoms with Crippen molar-refractivity contribution in [1.82, 2.24) is 4.90 Å². The van der Waals surface area contributed by atoms with Gasteiger partial charge in [0.1, 0.15) is 0 Å². The van der Waals surface area contributed by atoms with Crippen LogP contribution in [0, 0.1) is 5.41 Å². The lowest BCUT2D eigenvalue weighted by Gasteiger charge is -2.36. The molecule has 1 aliphatic rings. The van der Waals surface area contributed by atoms with Gasteiger partial charge >= 0.3 is 0 Å². The largest absolute Gasteiger partial charge is 0.388 e. The summed E-state index contributed by atoms with van der Waals surface area (Å²) in [6, 6.07) is 9.96. The molecular weight excluding hydrogens is 262 g/mol. The first-order chi connectivity index (χ1) is 10.0. The number of aliphatic hydroxyl groups is 1. The van der Waals surface area contributed by atoms with Gasteiger partial charge in [-0.15, -0.1) is 0 Å². The number of benzene rings is 1. The van der Waals surface area contributed by atoms with E-state index in [1.165, 1.54) is 6.42 Å². The summed E-state index contributed by atoms with van der Waals surface area (Å²) in [6.45, 7) is 10.2. The fourth-order valence-corrected chi connectivity index (χ4v) is 3.13. The molecule has 3 heteroatoms. The molecule has 1 aliphatic heterocycles. The molecule has 1 aromatic carbocycles. The summed E-state index contributed by atoms with van der Waals surface area (Å²) >= 11 is 0. The summed E-state index contributed by atoms with van der Waals surface area (Å²) in [6.07, 6.45) is 2.27. The van der Waals surface area contributed by atoms with Crippen molar-refractivity contribution in [1.29, 1.82) is 0 Å². The molecular formula is C18H29NO2. The summed E-state index contributed by atoms with van der Waals surface area (Å²) < 4.78 is 5.74. The fourth-order valence-electron chi connectivity index (χ4n) is 3.13. The summed E-state index contributed by atoms with van der Waals surface area (Å²) in [5.74, 6) is 0. The molecule has 0 spiro atoms. The van der Waals surface area contributed by atoms with Gasteiger partial charge in [-0.05, 0) is 24.9 Å². The van der Waals surface area contributed by atoms with Gasteiger partial charge in [0.15, 0.2) is 0 Å². The minimum absolute atomic E-state index is 0.185. The van der Waals surface area contributed by atoms with Crippen molar-refractivity contribution in [3.05, 3.63) is 35.9 Å². The maximum atomic E-state index is 10.7. The van der Waals surface area contributed by atoms with E-state index in [0.29, 0.717) is 6.10 Å². The number of nitrogens with zero attached hydrogens (tertiary/aromatic N) is 1. The lowest BCUT2D eigenvalue weighted by Crippen LogP contribution is -2.41. The van der Waals surface area contributed by atoms with Crippen molar-refractivity contribution >= 4 is 0 Å². The van der Waals surface area contributed by atoms with E-state index in [0.717, 1.165) is 38.2 Å². The second-order valence-corrected chi connectivity index (χ2v) is 6.76. The van der Waals surface area contributed by atoms with Crippen LogP contribution in [-0.4, -0.2) is 42.4 Å². The van der Waals surface area contributed by atoms with Gasteiger partial charge in [-0.2, -0.15) is 0 Å². The molecule has 0 bridgehead atoms. The predicted octanol–water partition coefficient (Wildman–Crippen LogP) is 3.25. The molecule has 118 valence electrons. The van der Waals surface area contributed by atoms with Gasteiger partial charge < -0.3 is 14.7 Å². The SMILES string of the molecule is CCN(CC1CCCO1)CC(C)(C)C(O)c1ccccc1. The predicted molar refractivity (Wildman–Crippen MR) is 86.3 cm³/mol. The number of ether oxygens (including phenoxy) is 1. The van der Waals surface area contributed by atoms with Crippen molar-refractivity contribution in [2.45, 2.75) is 45.8 Å². The van der Waals surface area contributed by atoms with E-state index in [9.17, 15) is 5.11 Å². The summed E-state index contributed by atoms with van der Waals surface area (Å²) in [7, 11) is 0. The Balaban J connectivity index is 1.97. The lowest BCUT2D eigenvalue weighted by atomic mass is 9.82. The lowest BCUT2D eigenvalue weighted by molar-refractivity contribution is 0.00506. The number of hydrogen-bond acceptors (Lipinski definition) is 3. The zero-order valence-electron chi connectivity index (χ0n) is 13.6. The van der Waals surface area contributed by atoms with Crippen LogP contribution in [0.2, 0.25) is 0 Å². The molecule has 3 nitrogen and oxygen atoms in total. The molecule has 2 unspecified atom stereocenters. The van der Waals surface area contributed by atoms with E-state index >= 15 is 0 Å². The van der Waals surface area contributed by atoms with Crippen molar-refractivity contribution in [3.63, 3.8) is 0 Å². The molecule has 0 aromatic heterocycles. The van der Waals surface area contributed by atoms with Gasteiger partial charge in [-0.25, -0.2) is 0 Å². The van der Waals surface area contributed by atoms with Crippen LogP contribution >= 0.6 is 0 Å². The van der Waals surface area contributed by atoms with Crippen LogP contribution in [0.5, 0.6) is 0 Å². The van der Waals surface area contributed by atoms with Crippen molar-refractivity contribution in [2.24, 2.45) is 5.41 Å². The number of likely N-dealkylation sites (N-methyl/N-ethyl adjacent to an activating group) is 1. The van der Waals surface area contributed by atoms with Crippen LogP contribution in [0.1, 0.15) is 45.3 Å². The molecule has 0 amide bonds. The average Bonchev–Trinajstić information content (AvgIpc) is 2.99. The highest BCUT2D eigenvalue weighted by atomic mass is 16.5. The van der Waals surface area contributed by atoms with Gasteiger partial charge in [-0.1, -0.05) is 51.1 Å². The van der Waals surface area contributed by atoms with E-state index < -0.39 is 6.10 Å². The Labute approximate surface area is 128 Å². The first-order valence-electron chi connectivity index (χ1n) is 8.10. The maximum absolute atomic E-state index is 10.7. The molecule has 2 rings (SSSR count). The van der Waals surface area contributed by atoms with Gasteiger partial charge in [-0.3, -0.25) is 0 Å². The summed E-state index contributed by atoms with van der Waals surface area (Å²) in [5, 5.41) is 10.7. The van der Waals surface area contributed by atoms with Gasteiger partial charge in [0.05, 0.1) is 12.2 Å². The molecule has 0 radical (unpaired) electrons. The third-order valence-corrected chi connectivity index (χ3v) is 4.42. The van der Waals surface area contributed by atoms with E-state index in [1.807, 2.05) is 30.3 Å². The Morgan fingerprint density at radius 3 is 2.62 bits per heavy atom. The average molecular weight is 291 g/mol. The third-order valence-electron chi connectivity index (χ3n) is 4.42. The summed E-state index contributed by atoms with van der Waals surface area (Å²) in [4.78, 5) is 2.40. The molecule has 0 saturated carbocycles. The number of rotatable bonds is 7. The molecule has 2 atom stereocenters. The van der Waals surface area contributed by atoms with Gasteiger partial charge in [0.25, 0.3) is 0 Å². The minimum atomic E-state index is -0.447. The Kier molecular flexibility index (Phi) is 5.80. The number of aliphatic hydroxyl groups excluding tert-OH is 1. The third kappa shape index (κ3) is 4.53. The molecule has 1 aromatic rings. The van der Waals surface area contributed by atoms with Gasteiger partial charge in [0, 0.05) is 25.1 Å². The quantitative estimate of drug-likeness (QED) is 0.837. The minimum Gasteiger partial charge on any atom is -0.388 e. The first kappa shape index (κ1) is 16.5. The van der Waals surface area contributed by atoms with Crippen molar-refractivity contribution < 1.29 is 9.84 Å². The van der Waals surface area contributed by atoms with Crippen LogP contribution in [0.4, 0.5) is 0 Å². The Morgan fingerprint density at radius 2 is 2.05 bits per heavy atom. The van der Waals surface area contributed by atoms with E-state index in [1.54, 1.807) is 0 Å². The second kappa shape index (κ2) is 7.39. The highest BCUT2D eigenvalue weighted by Crippen LogP contribution is 2.34. The van der Waals surface area contributed by atoms with Crippen molar-refractivity contribution in [3.8, 4) is 0 Å². The van der Waals surface area contributed by atoms with Gasteiger partial charge in [0.2, 0.25) is 0 Å². The van der Waals surface area contributed by atoms with Crippen LogP contribution in [-0.2, 0) is 4.74 Å². The Morgan fingerprint density at radius 1 is 1.33 bits per heavy atom. The first-order valence-corrected chi connectivity index (χ1v) is 8.10. The monoisotopic (exact) mass is 291 g/mol. The highest BCUT2D eigenvalue weighted by molar-refractivity contribution is 5.19. The van der Waals surface area contributed by atoms with E-state index in [4.69, 9.17) is 4.74 Å². The zero-order valence-corrected chi connectivity index (χ0v) is 13.6. The second-order valence-electron chi connectivity index (χ2n) is 6.76. The van der Waals surface area contributed by atoms with Crippen LogP contribution in [0.3, 0.4) is 0 Å². The van der Waals surface area contributed by atoms with Crippen LogP contribution in [0.15, 0.2) is 30.3 Å². The summed E-state index contributed by atoms with van der Waals surface area (Å²) in [5.41, 5.74) is 0.811. The maximum Gasteiger partial charge on any atom is 0.0853 e. The molecule has 1 fully saturated rings. The molecule has 1 heterocycles. The Bertz CT molecular complexity index is 412. The fraction of sp³-hybridized carbons (Fsp3) is 0.667. The van der Waals surface area contributed by atoms with E-state index in [-0.39, 0.29) is 5.41 Å².